The minimum absolute atomic E-state index is 0.111. The number of aromatic nitrogens is 2. The van der Waals surface area contributed by atoms with Gasteiger partial charge in [0.25, 0.3) is 5.91 Å². The number of rotatable bonds is 5. The summed E-state index contributed by atoms with van der Waals surface area (Å²) in [6.45, 7) is 4.00. The van der Waals surface area contributed by atoms with Crippen LogP contribution in [-0.4, -0.2) is 15.9 Å². The van der Waals surface area contributed by atoms with Gasteiger partial charge in [-0.05, 0) is 36.6 Å². The van der Waals surface area contributed by atoms with Gasteiger partial charge >= 0.3 is 0 Å². The number of hydrogen-bond donors (Lipinski definition) is 1. The van der Waals surface area contributed by atoms with Gasteiger partial charge in [0, 0.05) is 10.6 Å². The van der Waals surface area contributed by atoms with Gasteiger partial charge in [0.05, 0.1) is 11.7 Å². The molecule has 4 nitrogen and oxygen atoms in total. The van der Waals surface area contributed by atoms with Crippen LogP contribution in [0.1, 0.15) is 41.5 Å². The molecular weight excluding hydrogens is 346 g/mol. The zero-order valence-electron chi connectivity index (χ0n) is 14.7. The number of halogens is 1. The lowest BCUT2D eigenvalue weighted by Crippen LogP contribution is -2.27. The quantitative estimate of drug-likeness (QED) is 0.703. The van der Waals surface area contributed by atoms with Crippen molar-refractivity contribution in [2.75, 3.05) is 0 Å². The van der Waals surface area contributed by atoms with E-state index in [1.807, 2.05) is 55.5 Å². The Morgan fingerprint density at radius 3 is 2.58 bits per heavy atom. The van der Waals surface area contributed by atoms with Gasteiger partial charge in [-0.1, -0.05) is 61.0 Å². The van der Waals surface area contributed by atoms with Crippen LogP contribution in [0.25, 0.3) is 11.3 Å². The van der Waals surface area contributed by atoms with E-state index >= 15 is 0 Å². The molecule has 26 heavy (non-hydrogen) atoms. The largest absolute Gasteiger partial charge is 0.344 e. The molecule has 1 atom stereocenters. The average Bonchev–Trinajstić information content (AvgIpc) is 2.68. The van der Waals surface area contributed by atoms with Crippen molar-refractivity contribution in [2.24, 2.45) is 0 Å². The Hall–Kier alpha value is -2.72. The fourth-order valence-corrected chi connectivity index (χ4v) is 3.04. The van der Waals surface area contributed by atoms with Crippen molar-refractivity contribution in [3.8, 4) is 11.3 Å². The molecule has 132 valence electrons. The third kappa shape index (κ3) is 4.09. The van der Waals surface area contributed by atoms with Crippen LogP contribution in [0.5, 0.6) is 0 Å². The fourth-order valence-electron chi connectivity index (χ4n) is 2.73. The minimum Gasteiger partial charge on any atom is -0.344 e. The molecule has 0 saturated heterocycles. The monoisotopic (exact) mass is 365 g/mol. The molecule has 0 spiro atoms. The Kier molecular flexibility index (Phi) is 5.64. The van der Waals surface area contributed by atoms with Crippen molar-refractivity contribution in [1.82, 2.24) is 15.3 Å². The summed E-state index contributed by atoms with van der Waals surface area (Å²) in [5.41, 5.74) is 3.98. The Labute approximate surface area is 158 Å². The lowest BCUT2D eigenvalue weighted by molar-refractivity contribution is 0.0934. The number of nitrogens with zero attached hydrogens (tertiary/aromatic N) is 2. The molecule has 0 aliphatic rings. The smallest absolute Gasteiger partial charge is 0.270 e. The molecule has 0 bridgehead atoms. The summed E-state index contributed by atoms with van der Waals surface area (Å²) in [5.74, 6) is -0.235. The van der Waals surface area contributed by atoms with Gasteiger partial charge in [0.15, 0.2) is 0 Å². The van der Waals surface area contributed by atoms with E-state index in [0.717, 1.165) is 23.1 Å². The maximum atomic E-state index is 12.6. The standard InChI is InChI=1S/C21H20ClN3O/c1-3-15-9-10-17(11-18(15)22)19-12-20(24-13-23-19)21(26)25-14(2)16-7-5-4-6-8-16/h4-14H,3H2,1-2H3,(H,25,26). The van der Waals surface area contributed by atoms with Gasteiger partial charge < -0.3 is 5.32 Å². The summed E-state index contributed by atoms with van der Waals surface area (Å²) in [4.78, 5) is 20.9. The van der Waals surface area contributed by atoms with E-state index in [-0.39, 0.29) is 11.9 Å². The lowest BCUT2D eigenvalue weighted by atomic mass is 10.1. The van der Waals surface area contributed by atoms with E-state index in [1.54, 1.807) is 6.07 Å². The summed E-state index contributed by atoms with van der Waals surface area (Å²) >= 11 is 6.30. The predicted molar refractivity (Wildman–Crippen MR) is 104 cm³/mol. The van der Waals surface area contributed by atoms with Gasteiger partial charge in [-0.3, -0.25) is 4.79 Å². The van der Waals surface area contributed by atoms with Crippen molar-refractivity contribution in [3.63, 3.8) is 0 Å². The molecule has 3 rings (SSSR count). The van der Waals surface area contributed by atoms with Gasteiger partial charge in [0.1, 0.15) is 12.0 Å². The molecule has 1 aromatic heterocycles. The van der Waals surface area contributed by atoms with Crippen LogP contribution in [0.2, 0.25) is 5.02 Å². The highest BCUT2D eigenvalue weighted by molar-refractivity contribution is 6.31. The normalized spacial score (nSPS) is 11.8. The van der Waals surface area contributed by atoms with E-state index in [0.29, 0.717) is 16.4 Å². The second kappa shape index (κ2) is 8.11. The van der Waals surface area contributed by atoms with Gasteiger partial charge in [-0.2, -0.15) is 0 Å². The molecule has 1 amide bonds. The maximum absolute atomic E-state index is 12.6. The molecule has 2 aromatic carbocycles. The summed E-state index contributed by atoms with van der Waals surface area (Å²) < 4.78 is 0. The second-order valence-electron chi connectivity index (χ2n) is 6.05. The number of carbonyl (C=O) groups excluding carboxylic acids is 1. The van der Waals surface area contributed by atoms with E-state index in [9.17, 15) is 4.79 Å². The number of nitrogens with one attached hydrogen (secondary N) is 1. The van der Waals surface area contributed by atoms with E-state index in [2.05, 4.69) is 22.2 Å². The van der Waals surface area contributed by atoms with Crippen LogP contribution >= 0.6 is 11.6 Å². The van der Waals surface area contributed by atoms with Crippen LogP contribution in [-0.2, 0) is 6.42 Å². The van der Waals surface area contributed by atoms with Crippen LogP contribution < -0.4 is 5.32 Å². The van der Waals surface area contributed by atoms with Gasteiger partial charge in [-0.25, -0.2) is 9.97 Å². The zero-order chi connectivity index (χ0) is 18.5. The Bertz CT molecular complexity index is 912. The Morgan fingerprint density at radius 2 is 1.88 bits per heavy atom. The summed E-state index contributed by atoms with van der Waals surface area (Å²) in [7, 11) is 0. The Balaban J connectivity index is 1.80. The number of benzene rings is 2. The summed E-state index contributed by atoms with van der Waals surface area (Å²) in [6, 6.07) is 17.2. The third-order valence-electron chi connectivity index (χ3n) is 4.28. The van der Waals surface area contributed by atoms with Crippen LogP contribution in [0.4, 0.5) is 0 Å². The van der Waals surface area contributed by atoms with Crippen LogP contribution in [0, 0.1) is 0 Å². The molecule has 1 unspecified atom stereocenters. The molecule has 0 fully saturated rings. The molecule has 0 aliphatic carbocycles. The SMILES string of the molecule is CCc1ccc(-c2cc(C(=O)NC(C)c3ccccc3)ncn2)cc1Cl. The summed E-state index contributed by atoms with van der Waals surface area (Å²) in [6.07, 6.45) is 2.27. The van der Waals surface area contributed by atoms with Crippen molar-refractivity contribution in [1.29, 1.82) is 0 Å². The molecule has 0 saturated carbocycles. The number of amides is 1. The molecule has 1 heterocycles. The molecule has 1 N–H and O–H groups in total. The van der Waals surface area contributed by atoms with Crippen molar-refractivity contribution < 1.29 is 4.79 Å². The highest BCUT2D eigenvalue weighted by Crippen LogP contribution is 2.25. The van der Waals surface area contributed by atoms with Crippen LogP contribution in [0.15, 0.2) is 60.9 Å². The topological polar surface area (TPSA) is 54.9 Å². The number of aryl methyl sites for hydroxylation is 1. The molecular formula is C21H20ClN3O. The highest BCUT2D eigenvalue weighted by Gasteiger charge is 2.14. The Morgan fingerprint density at radius 1 is 1.12 bits per heavy atom. The lowest BCUT2D eigenvalue weighted by Gasteiger charge is -2.14. The van der Waals surface area contributed by atoms with Crippen molar-refractivity contribution in [2.45, 2.75) is 26.3 Å². The first-order valence-corrected chi connectivity index (χ1v) is 8.93. The second-order valence-corrected chi connectivity index (χ2v) is 6.46. The van der Waals surface area contributed by atoms with E-state index in [1.165, 1.54) is 6.33 Å². The van der Waals surface area contributed by atoms with E-state index < -0.39 is 0 Å². The first-order chi connectivity index (χ1) is 12.6. The zero-order valence-corrected chi connectivity index (χ0v) is 15.5. The summed E-state index contributed by atoms with van der Waals surface area (Å²) in [5, 5.41) is 3.67. The van der Waals surface area contributed by atoms with Crippen molar-refractivity contribution in [3.05, 3.63) is 82.8 Å². The van der Waals surface area contributed by atoms with E-state index in [4.69, 9.17) is 11.6 Å². The van der Waals surface area contributed by atoms with Gasteiger partial charge in [0.2, 0.25) is 0 Å². The van der Waals surface area contributed by atoms with Crippen LogP contribution in [0.3, 0.4) is 0 Å². The third-order valence-corrected chi connectivity index (χ3v) is 4.63. The molecule has 0 radical (unpaired) electrons. The molecule has 3 aromatic rings. The molecule has 5 heteroatoms. The average molecular weight is 366 g/mol. The predicted octanol–water partition coefficient (Wildman–Crippen LogP) is 4.85. The highest BCUT2D eigenvalue weighted by atomic mass is 35.5. The van der Waals surface area contributed by atoms with Crippen molar-refractivity contribution >= 4 is 17.5 Å². The minimum atomic E-state index is -0.235. The number of hydrogen-bond acceptors (Lipinski definition) is 3. The fraction of sp³-hybridized carbons (Fsp3) is 0.190. The maximum Gasteiger partial charge on any atom is 0.270 e. The van der Waals surface area contributed by atoms with Gasteiger partial charge in [-0.15, -0.1) is 0 Å². The molecule has 0 aliphatic heterocycles. The first kappa shape index (κ1) is 18.1. The number of carbonyl (C=O) groups is 1. The first-order valence-electron chi connectivity index (χ1n) is 8.55.